The number of ether oxygens (including phenoxy) is 2. The van der Waals surface area contributed by atoms with E-state index in [-0.39, 0.29) is 6.10 Å². The zero-order valence-corrected chi connectivity index (χ0v) is 12.0. The topological polar surface area (TPSA) is 34.6 Å². The van der Waals surface area contributed by atoms with E-state index in [0.29, 0.717) is 6.61 Å². The first kappa shape index (κ1) is 14.7. The Morgan fingerprint density at radius 1 is 1.60 bits per heavy atom. The number of terminal acetylenes is 1. The van der Waals surface area contributed by atoms with Gasteiger partial charge in [0.15, 0.2) is 11.6 Å². The highest BCUT2D eigenvalue weighted by molar-refractivity contribution is 5.52. The molecule has 0 saturated carbocycles. The molecule has 2 rings (SSSR count). The molecule has 0 spiro atoms. The number of unbranched alkanes of at least 4 members (excludes halogenated alkanes) is 1. The van der Waals surface area contributed by atoms with E-state index in [9.17, 15) is 0 Å². The lowest BCUT2D eigenvalue weighted by atomic mass is 10.3. The highest BCUT2D eigenvalue weighted by Gasteiger charge is 2.19. The third-order valence-corrected chi connectivity index (χ3v) is 3.23. The minimum Gasteiger partial charge on any atom is -0.490 e. The summed E-state index contributed by atoms with van der Waals surface area (Å²) in [6.07, 6.45) is 9.89. The number of hydrogen-bond donors (Lipinski definition) is 0. The van der Waals surface area contributed by atoms with Crippen LogP contribution in [0.5, 0.6) is 5.75 Å². The average Bonchev–Trinajstić information content (AvgIpc) is 2.69. The largest absolute Gasteiger partial charge is 0.490 e. The van der Waals surface area contributed by atoms with Gasteiger partial charge in [0, 0.05) is 32.3 Å². The van der Waals surface area contributed by atoms with Crippen molar-refractivity contribution < 1.29 is 9.47 Å². The van der Waals surface area contributed by atoms with Gasteiger partial charge in [-0.3, -0.25) is 0 Å². The molecule has 1 aliphatic rings. The maximum absolute atomic E-state index is 5.83. The fourth-order valence-corrected chi connectivity index (χ4v) is 2.28. The molecule has 1 fully saturated rings. The molecule has 4 nitrogen and oxygen atoms in total. The molecule has 1 saturated heterocycles. The van der Waals surface area contributed by atoms with Crippen molar-refractivity contribution in [1.29, 1.82) is 0 Å². The zero-order chi connectivity index (χ0) is 14.2. The van der Waals surface area contributed by atoms with Gasteiger partial charge >= 0.3 is 0 Å². The maximum Gasteiger partial charge on any atom is 0.171 e. The highest BCUT2D eigenvalue weighted by Crippen LogP contribution is 2.27. The van der Waals surface area contributed by atoms with Crippen molar-refractivity contribution in [3.05, 3.63) is 18.3 Å². The minimum absolute atomic E-state index is 0.216. The molecule has 0 amide bonds. The van der Waals surface area contributed by atoms with E-state index < -0.39 is 0 Å². The number of aromatic nitrogens is 1. The van der Waals surface area contributed by atoms with Crippen LogP contribution in [0.15, 0.2) is 18.3 Å². The molecule has 108 valence electrons. The fourth-order valence-electron chi connectivity index (χ4n) is 2.28. The molecular formula is C16H22N2O2. The first-order valence-corrected chi connectivity index (χ1v) is 7.19. The standard InChI is InChI=1S/C16H22N2O2/c1-3-4-5-11-20-15-8-6-9-17-16(15)18-10-7-12-19-14(2)13-18/h1,6,8-9,14H,4-5,7,10-13H2,2H3/t14-/m0/s1. The Labute approximate surface area is 121 Å². The van der Waals surface area contributed by atoms with Gasteiger partial charge in [-0.05, 0) is 31.9 Å². The zero-order valence-electron chi connectivity index (χ0n) is 12.0. The van der Waals surface area contributed by atoms with E-state index in [0.717, 1.165) is 50.5 Å². The summed E-state index contributed by atoms with van der Waals surface area (Å²) in [7, 11) is 0. The van der Waals surface area contributed by atoms with Crippen LogP contribution < -0.4 is 9.64 Å². The molecule has 0 aromatic carbocycles. The number of hydrogen-bond acceptors (Lipinski definition) is 4. The molecule has 1 aromatic rings. The molecule has 0 aliphatic carbocycles. The van der Waals surface area contributed by atoms with Gasteiger partial charge in [0.1, 0.15) is 0 Å². The Bertz CT molecular complexity index is 456. The van der Waals surface area contributed by atoms with E-state index >= 15 is 0 Å². The second-order valence-corrected chi connectivity index (χ2v) is 4.96. The van der Waals surface area contributed by atoms with E-state index in [2.05, 4.69) is 22.7 Å². The van der Waals surface area contributed by atoms with Gasteiger partial charge in [-0.1, -0.05) is 0 Å². The lowest BCUT2D eigenvalue weighted by molar-refractivity contribution is 0.0820. The highest BCUT2D eigenvalue weighted by atomic mass is 16.5. The van der Waals surface area contributed by atoms with Crippen molar-refractivity contribution in [3.63, 3.8) is 0 Å². The van der Waals surface area contributed by atoms with E-state index in [1.165, 1.54) is 0 Å². The van der Waals surface area contributed by atoms with Crippen LogP contribution in [-0.2, 0) is 4.74 Å². The molecule has 1 aromatic heterocycles. The van der Waals surface area contributed by atoms with E-state index in [4.69, 9.17) is 15.9 Å². The Morgan fingerprint density at radius 3 is 3.35 bits per heavy atom. The number of anilines is 1. The monoisotopic (exact) mass is 274 g/mol. The normalized spacial score (nSPS) is 19.2. The summed E-state index contributed by atoms with van der Waals surface area (Å²) in [6.45, 7) is 5.32. The summed E-state index contributed by atoms with van der Waals surface area (Å²) in [5.74, 6) is 4.36. The molecule has 2 heterocycles. The van der Waals surface area contributed by atoms with Crippen LogP contribution in [-0.4, -0.2) is 37.4 Å². The Morgan fingerprint density at radius 2 is 2.50 bits per heavy atom. The quantitative estimate of drug-likeness (QED) is 0.610. The van der Waals surface area contributed by atoms with Crippen LogP contribution in [0.2, 0.25) is 0 Å². The van der Waals surface area contributed by atoms with Crippen LogP contribution in [0.3, 0.4) is 0 Å². The van der Waals surface area contributed by atoms with Crippen molar-refractivity contribution in [2.75, 3.05) is 31.2 Å². The summed E-state index contributed by atoms with van der Waals surface area (Å²) in [6, 6.07) is 3.87. The number of nitrogens with zero attached hydrogens (tertiary/aromatic N) is 2. The predicted molar refractivity (Wildman–Crippen MR) is 80.0 cm³/mol. The van der Waals surface area contributed by atoms with Crippen molar-refractivity contribution >= 4 is 5.82 Å². The lowest BCUT2D eigenvalue weighted by Crippen LogP contribution is -2.31. The SMILES string of the molecule is C#CCCCOc1cccnc1N1CCCO[C@@H](C)C1. The van der Waals surface area contributed by atoms with Crippen LogP contribution >= 0.6 is 0 Å². The van der Waals surface area contributed by atoms with E-state index in [1.54, 1.807) is 6.20 Å². The van der Waals surface area contributed by atoms with Gasteiger partial charge in [-0.2, -0.15) is 0 Å². The third-order valence-electron chi connectivity index (χ3n) is 3.23. The summed E-state index contributed by atoms with van der Waals surface area (Å²) < 4.78 is 11.5. The third kappa shape index (κ3) is 4.14. The molecule has 1 atom stereocenters. The molecule has 0 radical (unpaired) electrons. The molecular weight excluding hydrogens is 252 g/mol. The van der Waals surface area contributed by atoms with Crippen molar-refractivity contribution in [2.24, 2.45) is 0 Å². The second-order valence-electron chi connectivity index (χ2n) is 4.96. The van der Waals surface area contributed by atoms with Crippen LogP contribution in [0, 0.1) is 12.3 Å². The van der Waals surface area contributed by atoms with Crippen LogP contribution in [0.1, 0.15) is 26.2 Å². The summed E-state index contributed by atoms with van der Waals surface area (Å²) >= 11 is 0. The smallest absolute Gasteiger partial charge is 0.171 e. The van der Waals surface area contributed by atoms with Gasteiger partial charge in [0.05, 0.1) is 12.7 Å². The predicted octanol–water partition coefficient (Wildman–Crippen LogP) is 2.49. The molecule has 0 N–H and O–H groups in total. The summed E-state index contributed by atoms with van der Waals surface area (Å²) in [4.78, 5) is 6.73. The van der Waals surface area contributed by atoms with Gasteiger partial charge < -0.3 is 14.4 Å². The summed E-state index contributed by atoms with van der Waals surface area (Å²) in [5, 5.41) is 0. The molecule has 0 unspecified atom stereocenters. The first-order chi connectivity index (χ1) is 9.81. The van der Waals surface area contributed by atoms with E-state index in [1.807, 2.05) is 12.1 Å². The van der Waals surface area contributed by atoms with Crippen LogP contribution in [0.4, 0.5) is 5.82 Å². The molecule has 0 bridgehead atoms. The minimum atomic E-state index is 0.216. The average molecular weight is 274 g/mol. The molecule has 1 aliphatic heterocycles. The van der Waals surface area contributed by atoms with Crippen molar-refractivity contribution in [2.45, 2.75) is 32.3 Å². The van der Waals surface area contributed by atoms with Gasteiger partial charge in [-0.25, -0.2) is 4.98 Å². The number of rotatable bonds is 5. The fraction of sp³-hybridized carbons (Fsp3) is 0.562. The lowest BCUT2D eigenvalue weighted by Gasteiger charge is -2.25. The summed E-state index contributed by atoms with van der Waals surface area (Å²) in [5.41, 5.74) is 0. The number of pyridine rings is 1. The van der Waals surface area contributed by atoms with Gasteiger partial charge in [-0.15, -0.1) is 12.3 Å². The Kier molecular flexibility index (Phi) is 5.69. The molecule has 20 heavy (non-hydrogen) atoms. The van der Waals surface area contributed by atoms with Gasteiger partial charge in [0.25, 0.3) is 0 Å². The van der Waals surface area contributed by atoms with Gasteiger partial charge in [0.2, 0.25) is 0 Å². The first-order valence-electron chi connectivity index (χ1n) is 7.19. The molecule has 4 heteroatoms. The maximum atomic E-state index is 5.83. The van der Waals surface area contributed by atoms with Crippen molar-refractivity contribution in [3.8, 4) is 18.1 Å². The Balaban J connectivity index is 2.04. The van der Waals surface area contributed by atoms with Crippen LogP contribution in [0.25, 0.3) is 0 Å². The van der Waals surface area contributed by atoms with Crippen molar-refractivity contribution in [1.82, 2.24) is 4.98 Å². The Hall–Kier alpha value is -1.73. The second kappa shape index (κ2) is 7.76.